The number of benzene rings is 2. The Morgan fingerprint density at radius 3 is 2.49 bits per heavy atom. The molecular formula is C29H34N4O5S. The molecule has 2 aromatic carbocycles. The zero-order chi connectivity index (χ0) is 27.7. The Morgan fingerprint density at radius 2 is 1.74 bits per heavy atom. The first kappa shape index (κ1) is 27.1. The van der Waals surface area contributed by atoms with Gasteiger partial charge in [0.05, 0.1) is 23.9 Å². The van der Waals surface area contributed by atoms with Crippen molar-refractivity contribution in [1.29, 1.82) is 0 Å². The van der Waals surface area contributed by atoms with E-state index >= 15 is 0 Å². The first-order chi connectivity index (χ1) is 18.7. The highest BCUT2D eigenvalue weighted by Crippen LogP contribution is 2.34. The number of piperazine rings is 1. The third-order valence-electron chi connectivity index (χ3n) is 7.85. The van der Waals surface area contributed by atoms with E-state index in [0.717, 1.165) is 38.0 Å². The number of amides is 2. The molecule has 2 saturated heterocycles. The van der Waals surface area contributed by atoms with Gasteiger partial charge in [-0.15, -0.1) is 0 Å². The minimum atomic E-state index is -0.757. The number of ether oxygens (including phenoxy) is 2. The van der Waals surface area contributed by atoms with Gasteiger partial charge in [0.1, 0.15) is 17.9 Å². The number of esters is 1. The Morgan fingerprint density at radius 1 is 1.03 bits per heavy atom. The molecule has 3 heterocycles. The largest absolute Gasteiger partial charge is 0.496 e. The molecule has 9 nitrogen and oxygen atoms in total. The molecule has 0 radical (unpaired) electrons. The molecule has 0 atom stereocenters. The number of cyclic esters (lactones) is 1. The quantitative estimate of drug-likeness (QED) is 0.281. The van der Waals surface area contributed by atoms with Crippen LogP contribution in [0.3, 0.4) is 0 Å². The Hall–Kier alpha value is -3.50. The van der Waals surface area contributed by atoms with E-state index in [0.29, 0.717) is 47.3 Å². The van der Waals surface area contributed by atoms with Crippen LogP contribution in [0.5, 0.6) is 5.75 Å². The standard InChI is InChI=1S/C29H34N4O5S/c1-29(2)27(36)33(21-10-11-22-20(18-21)19-38-26(22)35)28(39)32(29)13-7-6-12-30-14-16-31(17-15-30)25(34)23-8-4-5-9-24(23)37-3/h4-5,8-11,18H,6-7,12-17,19H2,1-3H3. The van der Waals surface area contributed by atoms with Crippen LogP contribution in [0.1, 0.15) is 53.0 Å². The zero-order valence-corrected chi connectivity index (χ0v) is 23.5. The summed E-state index contributed by atoms with van der Waals surface area (Å²) < 4.78 is 10.5. The summed E-state index contributed by atoms with van der Waals surface area (Å²) in [7, 11) is 1.58. The van der Waals surface area contributed by atoms with Gasteiger partial charge in [-0.25, -0.2) is 4.79 Å². The van der Waals surface area contributed by atoms with Crippen molar-refractivity contribution in [2.24, 2.45) is 0 Å². The number of carbonyl (C=O) groups excluding carboxylic acids is 3. The summed E-state index contributed by atoms with van der Waals surface area (Å²) in [6, 6.07) is 12.6. The molecule has 0 spiro atoms. The molecule has 2 amide bonds. The van der Waals surface area contributed by atoms with Gasteiger partial charge in [0.15, 0.2) is 5.11 Å². The lowest BCUT2D eigenvalue weighted by atomic mass is 10.0. The Balaban J connectivity index is 1.12. The number of hydrogen-bond donors (Lipinski definition) is 0. The molecule has 3 aliphatic heterocycles. The number of unbranched alkanes of at least 4 members (excludes halogenated alkanes) is 1. The van der Waals surface area contributed by atoms with Gasteiger partial charge in [-0.3, -0.25) is 19.4 Å². The molecular weight excluding hydrogens is 516 g/mol. The molecule has 3 aliphatic rings. The van der Waals surface area contributed by atoms with Crippen molar-refractivity contribution in [3.05, 3.63) is 59.2 Å². The highest BCUT2D eigenvalue weighted by Gasteiger charge is 2.49. The summed E-state index contributed by atoms with van der Waals surface area (Å²) in [5.41, 5.74) is 1.82. The van der Waals surface area contributed by atoms with Gasteiger partial charge in [-0.2, -0.15) is 0 Å². The molecule has 10 heteroatoms. The van der Waals surface area contributed by atoms with Gasteiger partial charge in [0, 0.05) is 38.3 Å². The van der Waals surface area contributed by atoms with Crippen LogP contribution in [0, 0.1) is 0 Å². The maximum Gasteiger partial charge on any atom is 0.338 e. The summed E-state index contributed by atoms with van der Waals surface area (Å²) in [5, 5.41) is 0.485. The van der Waals surface area contributed by atoms with Crippen molar-refractivity contribution in [3.63, 3.8) is 0 Å². The minimum absolute atomic E-state index is 0.00796. The molecule has 5 rings (SSSR count). The van der Waals surface area contributed by atoms with Gasteiger partial charge < -0.3 is 19.3 Å². The predicted octanol–water partition coefficient (Wildman–Crippen LogP) is 3.32. The fourth-order valence-electron chi connectivity index (χ4n) is 5.47. The van der Waals surface area contributed by atoms with Crippen LogP contribution in [0.2, 0.25) is 0 Å². The number of hydrogen-bond acceptors (Lipinski definition) is 7. The van der Waals surface area contributed by atoms with Crippen LogP contribution in [-0.2, 0) is 16.1 Å². The van der Waals surface area contributed by atoms with Crippen LogP contribution in [-0.4, -0.2) is 89.5 Å². The third-order valence-corrected chi connectivity index (χ3v) is 8.26. The Kier molecular flexibility index (Phi) is 7.59. The van der Waals surface area contributed by atoms with E-state index in [1.807, 2.05) is 54.0 Å². The van der Waals surface area contributed by atoms with Crippen LogP contribution < -0.4 is 9.64 Å². The maximum atomic E-state index is 13.4. The van der Waals surface area contributed by atoms with E-state index in [1.165, 1.54) is 0 Å². The fraction of sp³-hybridized carbons (Fsp3) is 0.448. The lowest BCUT2D eigenvalue weighted by Gasteiger charge is -2.35. The number of carbonyl (C=O) groups is 3. The van der Waals surface area contributed by atoms with E-state index in [4.69, 9.17) is 21.7 Å². The highest BCUT2D eigenvalue weighted by atomic mass is 32.1. The zero-order valence-electron chi connectivity index (χ0n) is 22.6. The van der Waals surface area contributed by atoms with Crippen LogP contribution in [0.4, 0.5) is 5.69 Å². The first-order valence-electron chi connectivity index (χ1n) is 13.3. The van der Waals surface area contributed by atoms with E-state index < -0.39 is 5.54 Å². The van der Waals surface area contributed by atoms with Crippen LogP contribution in [0.15, 0.2) is 42.5 Å². The van der Waals surface area contributed by atoms with E-state index in [2.05, 4.69) is 4.90 Å². The van der Waals surface area contributed by atoms with E-state index in [9.17, 15) is 14.4 Å². The maximum absolute atomic E-state index is 13.4. The molecule has 0 saturated carbocycles. The topological polar surface area (TPSA) is 82.6 Å². The summed E-state index contributed by atoms with van der Waals surface area (Å²) >= 11 is 5.77. The summed E-state index contributed by atoms with van der Waals surface area (Å²) in [5.74, 6) is 0.199. The number of para-hydroxylation sites is 1. The lowest BCUT2D eigenvalue weighted by Crippen LogP contribution is -2.49. The number of methoxy groups -OCH3 is 1. The predicted molar refractivity (Wildman–Crippen MR) is 151 cm³/mol. The SMILES string of the molecule is COc1ccccc1C(=O)N1CCN(CCCCN2C(=S)N(c3ccc4c(c3)COC4=O)C(=O)C2(C)C)CC1. The molecule has 39 heavy (non-hydrogen) atoms. The number of nitrogens with zero attached hydrogens (tertiary/aromatic N) is 4. The average molecular weight is 551 g/mol. The second-order valence-electron chi connectivity index (χ2n) is 10.6. The van der Waals surface area contributed by atoms with Crippen LogP contribution >= 0.6 is 12.2 Å². The van der Waals surface area contributed by atoms with Gasteiger partial charge in [0.2, 0.25) is 0 Å². The van der Waals surface area contributed by atoms with Crippen molar-refractivity contribution in [3.8, 4) is 5.75 Å². The molecule has 0 unspecified atom stereocenters. The van der Waals surface area contributed by atoms with Gasteiger partial charge >= 0.3 is 5.97 Å². The summed E-state index contributed by atoms with van der Waals surface area (Å²) in [6.45, 7) is 8.63. The second-order valence-corrected chi connectivity index (χ2v) is 11.0. The Bertz CT molecular complexity index is 1300. The number of thiocarbonyl (C=S) groups is 1. The Labute approximate surface area is 234 Å². The fourth-order valence-corrected chi connectivity index (χ4v) is 5.98. The molecule has 206 valence electrons. The molecule has 0 aliphatic carbocycles. The second kappa shape index (κ2) is 10.9. The van der Waals surface area contributed by atoms with E-state index in [1.54, 1.807) is 24.1 Å². The average Bonchev–Trinajstić information content (AvgIpc) is 3.39. The molecule has 0 N–H and O–H groups in total. The number of fused-ring (bicyclic) bond motifs is 1. The van der Waals surface area contributed by atoms with Crippen LogP contribution in [0.25, 0.3) is 0 Å². The lowest BCUT2D eigenvalue weighted by molar-refractivity contribution is -0.123. The van der Waals surface area contributed by atoms with Crippen molar-refractivity contribution >= 4 is 40.8 Å². The monoisotopic (exact) mass is 550 g/mol. The van der Waals surface area contributed by atoms with Crippen molar-refractivity contribution in [1.82, 2.24) is 14.7 Å². The van der Waals surface area contributed by atoms with Crippen molar-refractivity contribution in [2.75, 3.05) is 51.3 Å². The van der Waals surface area contributed by atoms with Crippen molar-refractivity contribution in [2.45, 2.75) is 38.8 Å². The number of anilines is 1. The third kappa shape index (κ3) is 5.10. The normalized spacial score (nSPS) is 18.9. The van der Waals surface area contributed by atoms with Gasteiger partial charge in [-0.05, 0) is 75.8 Å². The molecule has 2 fully saturated rings. The molecule has 2 aromatic rings. The van der Waals surface area contributed by atoms with Gasteiger partial charge in [0.25, 0.3) is 11.8 Å². The minimum Gasteiger partial charge on any atom is -0.496 e. The molecule has 0 aromatic heterocycles. The van der Waals surface area contributed by atoms with E-state index in [-0.39, 0.29) is 24.4 Å². The van der Waals surface area contributed by atoms with Crippen molar-refractivity contribution < 1.29 is 23.9 Å². The highest BCUT2D eigenvalue weighted by molar-refractivity contribution is 7.80. The smallest absolute Gasteiger partial charge is 0.338 e. The summed E-state index contributed by atoms with van der Waals surface area (Å²) in [4.78, 5) is 46.0. The molecule has 0 bridgehead atoms. The van der Waals surface area contributed by atoms with Gasteiger partial charge in [-0.1, -0.05) is 12.1 Å². The summed E-state index contributed by atoms with van der Waals surface area (Å²) in [6.07, 6.45) is 1.85. The number of rotatable bonds is 8. The first-order valence-corrected chi connectivity index (χ1v) is 13.7.